The average molecular weight is 233 g/mol. The number of carbonyl (C=O) groups is 2. The molecular formula is C8H11NO5S. The molecule has 0 bridgehead atoms. The number of amides is 2. The quantitative estimate of drug-likeness (QED) is 0.544. The molecule has 0 spiro atoms. The normalized spacial score (nSPS) is 15.7. The molecule has 1 N–H and O–H groups in total. The number of hydrogen-bond donors (Lipinski definition) is 1. The highest BCUT2D eigenvalue weighted by Crippen LogP contribution is 2.06. The third kappa shape index (κ3) is 4.52. The molecule has 1 saturated heterocycles. The van der Waals surface area contributed by atoms with E-state index in [1.807, 2.05) is 0 Å². The van der Waals surface area contributed by atoms with Gasteiger partial charge in [-0.25, -0.2) is 8.42 Å². The summed E-state index contributed by atoms with van der Waals surface area (Å²) < 4.78 is 20.3. The molecule has 0 aliphatic carbocycles. The van der Waals surface area contributed by atoms with Gasteiger partial charge in [-0.1, -0.05) is 13.2 Å². The minimum atomic E-state index is -3.13. The molecule has 1 fully saturated rings. The van der Waals surface area contributed by atoms with Gasteiger partial charge in [-0.05, 0) is 0 Å². The highest BCUT2D eigenvalue weighted by Gasteiger charge is 2.26. The Balaban J connectivity index is 0.000000265. The number of carbonyl (C=O) groups excluding carboxylic acids is 2. The van der Waals surface area contributed by atoms with E-state index in [9.17, 15) is 18.0 Å². The van der Waals surface area contributed by atoms with Crippen molar-refractivity contribution >= 4 is 21.7 Å². The summed E-state index contributed by atoms with van der Waals surface area (Å²) in [5.41, 5.74) is 0. The van der Waals surface area contributed by atoms with Gasteiger partial charge < -0.3 is 0 Å². The third-order valence-electron chi connectivity index (χ3n) is 1.49. The van der Waals surface area contributed by atoms with Crippen molar-refractivity contribution in [1.29, 1.82) is 0 Å². The molecule has 7 heteroatoms. The summed E-state index contributed by atoms with van der Waals surface area (Å²) in [7, 11) is -3.13. The standard InChI is InChI=1S/C4H5NO3.C4H6O2S/c6-3-1-2-4(7)5(3)8;1-3-7(5,6)4-2/h8H,1-2H2;3-4H,1-2H2. The molecular weight excluding hydrogens is 222 g/mol. The van der Waals surface area contributed by atoms with Crippen LogP contribution in [0.3, 0.4) is 0 Å². The van der Waals surface area contributed by atoms with Crippen molar-refractivity contribution in [3.05, 3.63) is 24.0 Å². The van der Waals surface area contributed by atoms with Crippen molar-refractivity contribution in [2.45, 2.75) is 12.8 Å². The first kappa shape index (κ1) is 13.5. The molecule has 1 aliphatic heterocycles. The van der Waals surface area contributed by atoms with Crippen LogP contribution in [0.4, 0.5) is 0 Å². The maximum Gasteiger partial charge on any atom is 0.253 e. The number of hydroxylamine groups is 2. The molecule has 0 aromatic carbocycles. The average Bonchev–Trinajstić information content (AvgIpc) is 2.51. The van der Waals surface area contributed by atoms with Crippen LogP contribution in [0.1, 0.15) is 12.8 Å². The van der Waals surface area contributed by atoms with Crippen LogP contribution in [0.25, 0.3) is 0 Å². The van der Waals surface area contributed by atoms with E-state index >= 15 is 0 Å². The Labute approximate surface area is 87.4 Å². The smallest absolute Gasteiger partial charge is 0.253 e. The maximum atomic E-state index is 10.2. The van der Waals surface area contributed by atoms with Crippen LogP contribution in [0.5, 0.6) is 0 Å². The largest absolute Gasteiger partial charge is 0.279 e. The Morgan fingerprint density at radius 3 is 1.53 bits per heavy atom. The van der Waals surface area contributed by atoms with Crippen molar-refractivity contribution in [2.75, 3.05) is 0 Å². The number of hydrogen-bond acceptors (Lipinski definition) is 5. The summed E-state index contributed by atoms with van der Waals surface area (Å²) >= 11 is 0. The van der Waals surface area contributed by atoms with E-state index in [2.05, 4.69) is 13.2 Å². The Kier molecular flexibility index (Phi) is 4.89. The summed E-state index contributed by atoms with van der Waals surface area (Å²) in [4.78, 5) is 20.5. The zero-order valence-electron chi connectivity index (χ0n) is 7.92. The van der Waals surface area contributed by atoms with E-state index in [1.165, 1.54) is 0 Å². The molecule has 0 aromatic rings. The van der Waals surface area contributed by atoms with Crippen LogP contribution in [0.2, 0.25) is 0 Å². The molecule has 6 nitrogen and oxygen atoms in total. The molecule has 84 valence electrons. The van der Waals surface area contributed by atoms with Crippen molar-refractivity contribution in [3.63, 3.8) is 0 Å². The SMILES string of the molecule is C=CS(=O)(=O)C=C.O=C1CCC(=O)N1O. The summed E-state index contributed by atoms with van der Waals surface area (Å²) in [6.07, 6.45) is 0.296. The Bertz CT molecular complexity index is 354. The van der Waals surface area contributed by atoms with Gasteiger partial charge in [-0.2, -0.15) is 5.06 Å². The second-order valence-electron chi connectivity index (χ2n) is 2.52. The van der Waals surface area contributed by atoms with Crippen LogP contribution in [-0.4, -0.2) is 30.5 Å². The topological polar surface area (TPSA) is 91.8 Å². The van der Waals surface area contributed by atoms with Gasteiger partial charge in [0.15, 0.2) is 9.84 Å². The fraction of sp³-hybridized carbons (Fsp3) is 0.250. The number of nitrogens with zero attached hydrogens (tertiary/aromatic N) is 1. The molecule has 15 heavy (non-hydrogen) atoms. The predicted octanol–water partition coefficient (Wildman–Crippen LogP) is 0.213. The van der Waals surface area contributed by atoms with Crippen molar-refractivity contribution in [3.8, 4) is 0 Å². The first-order valence-electron chi connectivity index (χ1n) is 3.88. The molecule has 0 aromatic heterocycles. The van der Waals surface area contributed by atoms with E-state index in [0.717, 1.165) is 10.8 Å². The van der Waals surface area contributed by atoms with Gasteiger partial charge in [0.2, 0.25) is 0 Å². The minimum absolute atomic E-state index is 0.148. The fourth-order valence-corrected chi connectivity index (χ4v) is 0.769. The van der Waals surface area contributed by atoms with Gasteiger partial charge >= 0.3 is 0 Å². The first-order chi connectivity index (χ1) is 6.84. The summed E-state index contributed by atoms with van der Waals surface area (Å²) in [6, 6.07) is 0. The lowest BCUT2D eigenvalue weighted by Gasteiger charge is -1.98. The summed E-state index contributed by atoms with van der Waals surface area (Å²) in [5.74, 6) is -1.01. The Hall–Kier alpha value is -1.47. The van der Waals surface area contributed by atoms with Crippen molar-refractivity contribution < 1.29 is 23.2 Å². The summed E-state index contributed by atoms with van der Waals surface area (Å²) in [6.45, 7) is 6.09. The number of rotatable bonds is 2. The lowest BCUT2D eigenvalue weighted by atomic mass is 10.4. The van der Waals surface area contributed by atoms with Gasteiger partial charge in [-0.15, -0.1) is 0 Å². The first-order valence-corrected chi connectivity index (χ1v) is 5.49. The zero-order valence-corrected chi connectivity index (χ0v) is 8.74. The maximum absolute atomic E-state index is 10.2. The molecule has 0 saturated carbocycles. The molecule has 0 atom stereocenters. The van der Waals surface area contributed by atoms with Gasteiger partial charge in [0.25, 0.3) is 11.8 Å². The van der Waals surface area contributed by atoms with Gasteiger partial charge in [0, 0.05) is 23.7 Å². The highest BCUT2D eigenvalue weighted by molar-refractivity contribution is 7.97. The molecule has 0 radical (unpaired) electrons. The lowest BCUT2D eigenvalue weighted by molar-refractivity contribution is -0.171. The summed E-state index contributed by atoms with van der Waals surface area (Å²) in [5, 5.41) is 10.3. The van der Waals surface area contributed by atoms with E-state index in [0.29, 0.717) is 0 Å². The Morgan fingerprint density at radius 1 is 1.13 bits per heavy atom. The van der Waals surface area contributed by atoms with E-state index in [1.54, 1.807) is 0 Å². The van der Waals surface area contributed by atoms with Crippen LogP contribution in [0, 0.1) is 0 Å². The third-order valence-corrected chi connectivity index (χ3v) is 2.42. The molecule has 1 rings (SSSR count). The van der Waals surface area contributed by atoms with Crippen LogP contribution in [0.15, 0.2) is 24.0 Å². The number of imide groups is 1. The number of sulfone groups is 1. The second kappa shape index (κ2) is 5.42. The monoisotopic (exact) mass is 233 g/mol. The van der Waals surface area contributed by atoms with Gasteiger partial charge in [0.1, 0.15) is 0 Å². The second-order valence-corrected chi connectivity index (χ2v) is 4.37. The van der Waals surface area contributed by atoms with E-state index < -0.39 is 21.7 Å². The highest BCUT2D eigenvalue weighted by atomic mass is 32.2. The van der Waals surface area contributed by atoms with Crippen LogP contribution in [-0.2, 0) is 19.4 Å². The fourth-order valence-electron chi connectivity index (χ4n) is 0.633. The van der Waals surface area contributed by atoms with E-state index in [4.69, 9.17) is 5.21 Å². The molecule has 1 aliphatic rings. The Morgan fingerprint density at radius 2 is 1.47 bits per heavy atom. The predicted molar refractivity (Wildman–Crippen MR) is 52.2 cm³/mol. The van der Waals surface area contributed by atoms with Crippen LogP contribution < -0.4 is 0 Å². The molecule has 1 heterocycles. The molecule has 0 unspecified atom stereocenters. The van der Waals surface area contributed by atoms with E-state index in [-0.39, 0.29) is 17.9 Å². The molecule has 2 amide bonds. The van der Waals surface area contributed by atoms with Gasteiger partial charge in [0.05, 0.1) is 0 Å². The van der Waals surface area contributed by atoms with Crippen molar-refractivity contribution in [2.24, 2.45) is 0 Å². The lowest BCUT2D eigenvalue weighted by Crippen LogP contribution is -2.24. The van der Waals surface area contributed by atoms with Crippen LogP contribution >= 0.6 is 0 Å². The minimum Gasteiger partial charge on any atom is -0.279 e. The van der Waals surface area contributed by atoms with Gasteiger partial charge in [-0.3, -0.25) is 14.8 Å². The van der Waals surface area contributed by atoms with Crippen molar-refractivity contribution in [1.82, 2.24) is 5.06 Å². The zero-order chi connectivity index (χ0) is 12.1.